The zero-order chi connectivity index (χ0) is 20.3. The van der Waals surface area contributed by atoms with Crippen LogP contribution in [0.25, 0.3) is 0 Å². The van der Waals surface area contributed by atoms with Gasteiger partial charge in [-0.15, -0.1) is 0 Å². The number of hydrogen-bond acceptors (Lipinski definition) is 8. The first-order valence-electron chi connectivity index (χ1n) is 10.3. The Balaban J connectivity index is 1.22. The van der Waals surface area contributed by atoms with Crippen molar-refractivity contribution >= 4 is 11.5 Å². The monoisotopic (exact) mass is 402 g/mol. The number of ether oxygens (including phenoxy) is 1. The smallest absolute Gasteiger partial charge is 0.233 e. The van der Waals surface area contributed by atoms with Gasteiger partial charge in [0, 0.05) is 24.7 Å². The minimum Gasteiger partial charge on any atom is -0.488 e. The summed E-state index contributed by atoms with van der Waals surface area (Å²) < 4.78 is 11.4. The van der Waals surface area contributed by atoms with Crippen LogP contribution in [0.4, 0.5) is 5.82 Å². The number of fused-ring (bicyclic) bond motifs is 1. The summed E-state index contributed by atoms with van der Waals surface area (Å²) >= 11 is 0. The Kier molecular flexibility index (Phi) is 3.72. The molecule has 0 radical (unpaired) electrons. The van der Waals surface area contributed by atoms with Crippen LogP contribution in [0.1, 0.15) is 54.2 Å². The van der Waals surface area contributed by atoms with Gasteiger partial charge in [-0.2, -0.15) is 4.98 Å². The lowest BCUT2D eigenvalue weighted by Gasteiger charge is -2.38. The summed E-state index contributed by atoms with van der Waals surface area (Å²) in [6, 6.07) is 8.27. The van der Waals surface area contributed by atoms with Gasteiger partial charge in [-0.1, -0.05) is 11.2 Å². The molecule has 2 aliphatic heterocycles. The molecule has 1 aliphatic carbocycles. The first-order valence-corrected chi connectivity index (χ1v) is 10.3. The maximum Gasteiger partial charge on any atom is 0.233 e. The number of hydrogen-bond donors (Lipinski definition) is 0. The van der Waals surface area contributed by atoms with Gasteiger partial charge in [-0.25, -0.2) is 9.97 Å². The van der Waals surface area contributed by atoms with Gasteiger partial charge in [0.1, 0.15) is 23.5 Å². The van der Waals surface area contributed by atoms with Crippen LogP contribution >= 0.6 is 0 Å². The fraction of sp³-hybridized carbons (Fsp3) is 0.409. The van der Waals surface area contributed by atoms with Crippen LogP contribution in [0.15, 0.2) is 40.1 Å². The molecule has 0 unspecified atom stereocenters. The van der Waals surface area contributed by atoms with Crippen LogP contribution < -0.4 is 9.64 Å². The van der Waals surface area contributed by atoms with Crippen molar-refractivity contribution in [1.82, 2.24) is 20.1 Å². The van der Waals surface area contributed by atoms with Crippen molar-refractivity contribution in [2.75, 3.05) is 18.0 Å². The van der Waals surface area contributed by atoms with Gasteiger partial charge < -0.3 is 14.2 Å². The highest BCUT2D eigenvalue weighted by Crippen LogP contribution is 2.40. The van der Waals surface area contributed by atoms with Crippen LogP contribution in [0, 0.1) is 6.92 Å². The van der Waals surface area contributed by atoms with E-state index in [2.05, 4.69) is 44.1 Å². The number of benzene rings is 1. The molecule has 8 heteroatoms. The van der Waals surface area contributed by atoms with Crippen LogP contribution in [-0.4, -0.2) is 44.5 Å². The van der Waals surface area contributed by atoms with Gasteiger partial charge >= 0.3 is 0 Å². The Hall–Kier alpha value is -3.29. The number of aromatic nitrogens is 4. The lowest BCUT2D eigenvalue weighted by atomic mass is 9.99. The SMILES string of the molecule is Cc1noc(C2CN(c3cc(C4=NCc5ccc(OC6(C)CC6)cc54)ncn3)C2)n1. The first-order chi connectivity index (χ1) is 14.6. The van der Waals surface area contributed by atoms with Crippen LogP contribution in [0.5, 0.6) is 5.75 Å². The highest BCUT2D eigenvalue weighted by atomic mass is 16.5. The number of rotatable bonds is 5. The van der Waals surface area contributed by atoms with E-state index in [0.29, 0.717) is 18.3 Å². The van der Waals surface area contributed by atoms with Gasteiger partial charge in [0.15, 0.2) is 5.82 Å². The molecular formula is C22H22N6O2. The molecular weight excluding hydrogens is 380 g/mol. The van der Waals surface area contributed by atoms with E-state index >= 15 is 0 Å². The number of nitrogens with zero attached hydrogens (tertiary/aromatic N) is 6. The molecule has 4 heterocycles. The van der Waals surface area contributed by atoms with Gasteiger partial charge in [0.2, 0.25) is 5.89 Å². The number of anilines is 1. The van der Waals surface area contributed by atoms with Crippen molar-refractivity contribution in [1.29, 1.82) is 0 Å². The van der Waals surface area contributed by atoms with Crippen molar-refractivity contribution in [3.8, 4) is 5.75 Å². The quantitative estimate of drug-likeness (QED) is 0.648. The maximum absolute atomic E-state index is 6.15. The molecule has 2 aromatic heterocycles. The van der Waals surface area contributed by atoms with Crippen molar-refractivity contribution < 1.29 is 9.26 Å². The van der Waals surface area contributed by atoms with E-state index in [9.17, 15) is 0 Å². The molecule has 1 aromatic carbocycles. The number of aliphatic imine (C=N–C) groups is 1. The van der Waals surface area contributed by atoms with Crippen LogP contribution in [0.2, 0.25) is 0 Å². The van der Waals surface area contributed by atoms with Gasteiger partial charge in [-0.05, 0) is 44.4 Å². The van der Waals surface area contributed by atoms with Gasteiger partial charge in [0.25, 0.3) is 0 Å². The summed E-state index contributed by atoms with van der Waals surface area (Å²) in [5.74, 6) is 3.41. The van der Waals surface area contributed by atoms with Crippen molar-refractivity contribution in [3.05, 3.63) is 59.1 Å². The molecule has 1 saturated heterocycles. The maximum atomic E-state index is 6.15. The fourth-order valence-electron chi connectivity index (χ4n) is 3.96. The Bertz CT molecular complexity index is 1160. The molecule has 0 N–H and O–H groups in total. The summed E-state index contributed by atoms with van der Waals surface area (Å²) in [6.45, 7) is 6.27. The third-order valence-electron chi connectivity index (χ3n) is 6.06. The van der Waals surface area contributed by atoms with Crippen molar-refractivity contribution in [2.45, 2.75) is 44.8 Å². The summed E-state index contributed by atoms with van der Waals surface area (Å²) in [5.41, 5.74) is 4.05. The number of aryl methyl sites for hydroxylation is 1. The predicted molar refractivity (Wildman–Crippen MR) is 110 cm³/mol. The third-order valence-corrected chi connectivity index (χ3v) is 6.06. The largest absolute Gasteiger partial charge is 0.488 e. The Morgan fingerprint density at radius 3 is 2.80 bits per heavy atom. The summed E-state index contributed by atoms with van der Waals surface area (Å²) in [7, 11) is 0. The standard InChI is InChI=1S/C22H22N6O2/c1-13-26-21(30-27-13)15-10-28(11-15)19-8-18(24-12-25-19)20-17-7-16(29-22(2)5-6-22)4-3-14(17)9-23-20/h3-4,7-8,12,15H,5-6,9-11H2,1-2H3. The van der Waals surface area contributed by atoms with Crippen molar-refractivity contribution in [3.63, 3.8) is 0 Å². The second kappa shape index (κ2) is 6.35. The molecule has 0 spiro atoms. The van der Waals surface area contributed by atoms with E-state index in [1.807, 2.05) is 19.1 Å². The molecule has 0 bridgehead atoms. The summed E-state index contributed by atoms with van der Waals surface area (Å²) in [6.07, 6.45) is 3.83. The lowest BCUT2D eigenvalue weighted by molar-refractivity contribution is 0.200. The third kappa shape index (κ3) is 3.03. The summed E-state index contributed by atoms with van der Waals surface area (Å²) in [5, 5.41) is 3.88. The van der Waals surface area contributed by atoms with Gasteiger partial charge in [0.05, 0.1) is 23.9 Å². The molecule has 8 nitrogen and oxygen atoms in total. The van der Waals surface area contributed by atoms with E-state index < -0.39 is 0 Å². The van der Waals surface area contributed by atoms with E-state index in [1.165, 1.54) is 5.56 Å². The zero-order valence-electron chi connectivity index (χ0n) is 17.0. The Labute approximate surface area is 174 Å². The summed E-state index contributed by atoms with van der Waals surface area (Å²) in [4.78, 5) is 20.3. The Morgan fingerprint density at radius 2 is 2.03 bits per heavy atom. The molecule has 3 aliphatic rings. The topological polar surface area (TPSA) is 89.5 Å². The van der Waals surface area contributed by atoms with Crippen LogP contribution in [-0.2, 0) is 6.54 Å². The molecule has 2 fully saturated rings. The molecule has 152 valence electrons. The zero-order valence-corrected chi connectivity index (χ0v) is 17.0. The van der Waals surface area contributed by atoms with E-state index in [4.69, 9.17) is 14.3 Å². The molecule has 1 saturated carbocycles. The van der Waals surface area contributed by atoms with Gasteiger partial charge in [-0.3, -0.25) is 4.99 Å². The van der Waals surface area contributed by atoms with Crippen LogP contribution in [0.3, 0.4) is 0 Å². The first kappa shape index (κ1) is 17.6. The minimum absolute atomic E-state index is 0.00279. The average molecular weight is 402 g/mol. The normalized spacial score (nSPS) is 19.3. The minimum atomic E-state index is -0.00279. The molecule has 6 rings (SSSR count). The lowest BCUT2D eigenvalue weighted by Crippen LogP contribution is -2.45. The predicted octanol–water partition coefficient (Wildman–Crippen LogP) is 3.05. The second-order valence-electron chi connectivity index (χ2n) is 8.58. The second-order valence-corrected chi connectivity index (χ2v) is 8.58. The molecule has 0 amide bonds. The fourth-order valence-corrected chi connectivity index (χ4v) is 3.96. The van der Waals surface area contributed by atoms with E-state index in [1.54, 1.807) is 6.33 Å². The van der Waals surface area contributed by atoms with Crippen molar-refractivity contribution in [2.24, 2.45) is 4.99 Å². The molecule has 0 atom stereocenters. The average Bonchev–Trinajstić information content (AvgIpc) is 3.09. The molecule has 30 heavy (non-hydrogen) atoms. The van der Waals surface area contributed by atoms with E-state index in [0.717, 1.165) is 54.5 Å². The van der Waals surface area contributed by atoms with E-state index in [-0.39, 0.29) is 11.5 Å². The highest BCUT2D eigenvalue weighted by molar-refractivity contribution is 6.14. The highest BCUT2D eigenvalue weighted by Gasteiger charge is 2.40. The Morgan fingerprint density at radius 1 is 1.17 bits per heavy atom. The molecule has 3 aromatic rings.